The summed E-state index contributed by atoms with van der Waals surface area (Å²) < 4.78 is 0. The molecule has 3 heteroatoms. The Morgan fingerprint density at radius 3 is 3.12 bits per heavy atom. The molecule has 3 nitrogen and oxygen atoms in total. The lowest BCUT2D eigenvalue weighted by Gasteiger charge is -2.13. The predicted octanol–water partition coefficient (Wildman–Crippen LogP) is 1.56. The van der Waals surface area contributed by atoms with Gasteiger partial charge in [-0.1, -0.05) is 13.0 Å². The number of aromatic nitrogens is 1. The van der Waals surface area contributed by atoms with Crippen molar-refractivity contribution in [2.75, 3.05) is 32.7 Å². The van der Waals surface area contributed by atoms with Gasteiger partial charge in [-0.25, -0.2) is 0 Å². The highest BCUT2D eigenvalue weighted by Crippen LogP contribution is 2.14. The largest absolute Gasteiger partial charge is 0.316 e. The molecule has 0 spiro atoms. The van der Waals surface area contributed by atoms with Crippen LogP contribution in [0, 0.1) is 5.92 Å². The van der Waals surface area contributed by atoms with E-state index in [-0.39, 0.29) is 0 Å². The van der Waals surface area contributed by atoms with E-state index in [1.54, 1.807) is 0 Å². The molecule has 0 amide bonds. The second kappa shape index (κ2) is 6.72. The lowest BCUT2D eigenvalue weighted by molar-refractivity contribution is 0.339. The summed E-state index contributed by atoms with van der Waals surface area (Å²) in [5.74, 6) is 0.846. The first-order valence-electron chi connectivity index (χ1n) is 6.71. The SMILES string of the molecule is CCN1CCC(CNCCc2ccccn2)C1. The quantitative estimate of drug-likeness (QED) is 0.756. The topological polar surface area (TPSA) is 28.2 Å². The van der Waals surface area contributed by atoms with E-state index in [1.165, 1.54) is 31.7 Å². The molecule has 1 atom stereocenters. The van der Waals surface area contributed by atoms with Gasteiger partial charge in [0.2, 0.25) is 0 Å². The molecular weight excluding hydrogens is 210 g/mol. The number of nitrogens with zero attached hydrogens (tertiary/aromatic N) is 2. The zero-order chi connectivity index (χ0) is 11.9. The average molecular weight is 233 g/mol. The van der Waals surface area contributed by atoms with E-state index in [4.69, 9.17) is 0 Å². The van der Waals surface area contributed by atoms with E-state index in [0.717, 1.165) is 25.4 Å². The van der Waals surface area contributed by atoms with Gasteiger partial charge in [0.15, 0.2) is 0 Å². The maximum atomic E-state index is 4.33. The van der Waals surface area contributed by atoms with Crippen LogP contribution in [0.4, 0.5) is 0 Å². The van der Waals surface area contributed by atoms with Crippen LogP contribution in [-0.4, -0.2) is 42.6 Å². The molecule has 1 saturated heterocycles. The van der Waals surface area contributed by atoms with E-state index >= 15 is 0 Å². The lowest BCUT2D eigenvalue weighted by atomic mass is 10.1. The monoisotopic (exact) mass is 233 g/mol. The van der Waals surface area contributed by atoms with Crippen molar-refractivity contribution in [2.24, 2.45) is 5.92 Å². The number of nitrogens with one attached hydrogen (secondary N) is 1. The second-order valence-electron chi connectivity index (χ2n) is 4.82. The van der Waals surface area contributed by atoms with Crippen LogP contribution in [0.2, 0.25) is 0 Å². The zero-order valence-electron chi connectivity index (χ0n) is 10.7. The average Bonchev–Trinajstić information content (AvgIpc) is 2.84. The van der Waals surface area contributed by atoms with Crippen molar-refractivity contribution in [3.05, 3.63) is 30.1 Å². The Bertz CT molecular complexity index is 313. The molecule has 1 aliphatic heterocycles. The molecule has 1 fully saturated rings. The Hall–Kier alpha value is -0.930. The van der Waals surface area contributed by atoms with Crippen molar-refractivity contribution < 1.29 is 0 Å². The third-order valence-electron chi connectivity index (χ3n) is 3.53. The Labute approximate surface area is 104 Å². The minimum atomic E-state index is 0.846. The van der Waals surface area contributed by atoms with Crippen LogP contribution in [0.1, 0.15) is 19.0 Å². The van der Waals surface area contributed by atoms with E-state index in [0.29, 0.717) is 0 Å². The van der Waals surface area contributed by atoms with E-state index in [1.807, 2.05) is 12.3 Å². The molecule has 0 saturated carbocycles. The summed E-state index contributed by atoms with van der Waals surface area (Å²) >= 11 is 0. The van der Waals surface area contributed by atoms with Crippen molar-refractivity contribution in [1.29, 1.82) is 0 Å². The molecule has 2 heterocycles. The minimum absolute atomic E-state index is 0.846. The summed E-state index contributed by atoms with van der Waals surface area (Å²) in [6.07, 6.45) is 4.25. The Balaban J connectivity index is 1.58. The Kier molecular flexibility index (Phi) is 4.95. The maximum Gasteiger partial charge on any atom is 0.0416 e. The standard InChI is InChI=1S/C14H23N3/c1-2-17-10-7-13(12-17)11-15-9-6-14-5-3-4-8-16-14/h3-5,8,13,15H,2,6-7,9-12H2,1H3. The smallest absolute Gasteiger partial charge is 0.0416 e. The van der Waals surface area contributed by atoms with Crippen LogP contribution in [-0.2, 0) is 6.42 Å². The molecular formula is C14H23N3. The highest BCUT2D eigenvalue weighted by atomic mass is 15.1. The van der Waals surface area contributed by atoms with Crippen LogP contribution in [0.15, 0.2) is 24.4 Å². The molecule has 0 radical (unpaired) electrons. The summed E-state index contributed by atoms with van der Waals surface area (Å²) in [5, 5.41) is 3.55. The maximum absolute atomic E-state index is 4.33. The van der Waals surface area contributed by atoms with Crippen LogP contribution in [0.3, 0.4) is 0 Å². The van der Waals surface area contributed by atoms with Crippen molar-refractivity contribution in [2.45, 2.75) is 19.8 Å². The van der Waals surface area contributed by atoms with Crippen molar-refractivity contribution in [3.63, 3.8) is 0 Å². The van der Waals surface area contributed by atoms with E-state index in [9.17, 15) is 0 Å². The van der Waals surface area contributed by atoms with Crippen molar-refractivity contribution >= 4 is 0 Å². The predicted molar refractivity (Wildman–Crippen MR) is 71.0 cm³/mol. The fourth-order valence-corrected chi connectivity index (χ4v) is 2.44. The van der Waals surface area contributed by atoms with Gasteiger partial charge < -0.3 is 10.2 Å². The fourth-order valence-electron chi connectivity index (χ4n) is 2.44. The van der Waals surface area contributed by atoms with Gasteiger partial charge in [0.05, 0.1) is 0 Å². The highest BCUT2D eigenvalue weighted by molar-refractivity contribution is 5.03. The van der Waals surface area contributed by atoms with Gasteiger partial charge in [-0.15, -0.1) is 0 Å². The zero-order valence-corrected chi connectivity index (χ0v) is 10.7. The first kappa shape index (κ1) is 12.5. The number of hydrogen-bond acceptors (Lipinski definition) is 3. The molecule has 94 valence electrons. The molecule has 17 heavy (non-hydrogen) atoms. The normalized spacial score (nSPS) is 20.9. The summed E-state index contributed by atoms with van der Waals surface area (Å²) in [6, 6.07) is 6.11. The van der Waals surface area contributed by atoms with Gasteiger partial charge in [0.1, 0.15) is 0 Å². The third-order valence-corrected chi connectivity index (χ3v) is 3.53. The van der Waals surface area contributed by atoms with Gasteiger partial charge in [0.25, 0.3) is 0 Å². The molecule has 1 unspecified atom stereocenters. The Morgan fingerprint density at radius 1 is 1.47 bits per heavy atom. The van der Waals surface area contributed by atoms with Crippen LogP contribution in [0.25, 0.3) is 0 Å². The van der Waals surface area contributed by atoms with Crippen LogP contribution >= 0.6 is 0 Å². The molecule has 0 bridgehead atoms. The third kappa shape index (κ3) is 4.10. The Morgan fingerprint density at radius 2 is 2.41 bits per heavy atom. The van der Waals surface area contributed by atoms with E-state index < -0.39 is 0 Å². The number of hydrogen-bond donors (Lipinski definition) is 1. The lowest BCUT2D eigenvalue weighted by Crippen LogP contribution is -2.27. The molecule has 0 aliphatic carbocycles. The van der Waals surface area contributed by atoms with Crippen molar-refractivity contribution in [1.82, 2.24) is 15.2 Å². The van der Waals surface area contributed by atoms with E-state index in [2.05, 4.69) is 34.3 Å². The second-order valence-corrected chi connectivity index (χ2v) is 4.82. The molecule has 1 aromatic rings. The first-order valence-corrected chi connectivity index (χ1v) is 6.71. The van der Waals surface area contributed by atoms with Crippen LogP contribution in [0.5, 0.6) is 0 Å². The van der Waals surface area contributed by atoms with Gasteiger partial charge in [0, 0.05) is 31.4 Å². The highest BCUT2D eigenvalue weighted by Gasteiger charge is 2.20. The number of rotatable bonds is 6. The van der Waals surface area contributed by atoms with Gasteiger partial charge in [-0.2, -0.15) is 0 Å². The minimum Gasteiger partial charge on any atom is -0.316 e. The van der Waals surface area contributed by atoms with Crippen molar-refractivity contribution in [3.8, 4) is 0 Å². The number of pyridine rings is 1. The number of likely N-dealkylation sites (tertiary alicyclic amines) is 1. The molecule has 2 rings (SSSR count). The summed E-state index contributed by atoms with van der Waals surface area (Å²) in [6.45, 7) is 8.19. The molecule has 1 N–H and O–H groups in total. The molecule has 0 aromatic carbocycles. The van der Waals surface area contributed by atoms with Gasteiger partial charge in [-0.05, 0) is 44.1 Å². The summed E-state index contributed by atoms with van der Waals surface area (Å²) in [5.41, 5.74) is 1.18. The van der Waals surface area contributed by atoms with Gasteiger partial charge >= 0.3 is 0 Å². The summed E-state index contributed by atoms with van der Waals surface area (Å²) in [4.78, 5) is 6.86. The molecule has 1 aromatic heterocycles. The molecule has 1 aliphatic rings. The van der Waals surface area contributed by atoms with Gasteiger partial charge in [-0.3, -0.25) is 4.98 Å². The first-order chi connectivity index (χ1) is 8.38. The van der Waals surface area contributed by atoms with Crippen LogP contribution < -0.4 is 5.32 Å². The fraction of sp³-hybridized carbons (Fsp3) is 0.643. The summed E-state index contributed by atoms with van der Waals surface area (Å²) in [7, 11) is 0.